The summed E-state index contributed by atoms with van der Waals surface area (Å²) in [6.07, 6.45) is -0.458. The molecule has 3 aromatic carbocycles. The average Bonchev–Trinajstić information content (AvgIpc) is 1.74. The Morgan fingerprint density at radius 2 is 1.07 bits per heavy atom. The molecule has 4 aromatic heterocycles. The molecule has 0 spiro atoms. The number of hydrogen-bond acceptors (Lipinski definition) is 20. The molecule has 10 rings (SSSR count). The van der Waals surface area contributed by atoms with Gasteiger partial charge in [-0.3, -0.25) is 33.6 Å². The molecule has 3 fully saturated rings. The van der Waals surface area contributed by atoms with E-state index < -0.39 is 59.7 Å². The summed E-state index contributed by atoms with van der Waals surface area (Å²) in [6.45, 7) is 19.5. The SMILES string of the molecule is CC(=O)N[C@H](C(=S)N1C[C@H](O)C[C@H]1C(=O)NCc1ccc(-c2scnc2C)cc1)C(C)C.Cc1cc(CC(=O)N2C[C@H](O)C[C@H]2C(=O)CCc2ccc(-c3scnc3C)cc2)on1.Cc1ncsc1-c1ccc(CNC(=O)[C@@H]2C[C@@H](O)CN2C(=O)[C@@H](NC(=O)CN)C(C)(C)C)cc1. The van der Waals surface area contributed by atoms with Crippen LogP contribution in [0.4, 0.5) is 0 Å². The number of aryl methyl sites for hydroxylation is 5. The maximum Gasteiger partial charge on any atom is 0.246 e. The predicted molar refractivity (Wildman–Crippen MR) is 378 cm³/mol. The van der Waals surface area contributed by atoms with E-state index in [0.29, 0.717) is 48.8 Å². The van der Waals surface area contributed by atoms with Crippen LogP contribution >= 0.6 is 46.2 Å². The second kappa shape index (κ2) is 34.0. The third kappa shape index (κ3) is 20.1. The van der Waals surface area contributed by atoms with Gasteiger partial charge in [0.05, 0.1) is 97.3 Å². The number of nitrogens with two attached hydrogens (primary N) is 1. The van der Waals surface area contributed by atoms with Crippen molar-refractivity contribution in [3.63, 3.8) is 0 Å². The molecule has 0 radical (unpaired) electrons. The van der Waals surface area contributed by atoms with E-state index in [0.717, 1.165) is 65.1 Å². The van der Waals surface area contributed by atoms with Crippen molar-refractivity contribution in [2.75, 3.05) is 26.2 Å². The molecule has 518 valence electrons. The molecule has 27 heteroatoms. The molecule has 0 aliphatic carbocycles. The second-order valence-electron chi connectivity index (χ2n) is 26.1. The van der Waals surface area contributed by atoms with Gasteiger partial charge in [-0.05, 0) is 78.8 Å². The number of β-amino-alcohol motifs (C(OH)–C–C–N with tert-alkyl or cyclic N) is 3. The van der Waals surface area contributed by atoms with E-state index in [4.69, 9.17) is 22.5 Å². The van der Waals surface area contributed by atoms with Crippen molar-refractivity contribution in [3.8, 4) is 31.3 Å². The largest absolute Gasteiger partial charge is 0.391 e. The number of likely N-dealkylation sites (tertiary alicyclic amines) is 3. The summed E-state index contributed by atoms with van der Waals surface area (Å²) < 4.78 is 5.12. The van der Waals surface area contributed by atoms with Crippen LogP contribution in [0.3, 0.4) is 0 Å². The number of ketones is 1. The number of Topliss-reactive ketones (excluding diaryl/α,β-unsaturated/α-hetero) is 1. The number of aliphatic hydroxyl groups excluding tert-OH is 3. The molecule has 6 amide bonds. The fourth-order valence-electron chi connectivity index (χ4n) is 11.9. The highest BCUT2D eigenvalue weighted by molar-refractivity contribution is 7.80. The third-order valence-electron chi connectivity index (χ3n) is 17.1. The van der Waals surface area contributed by atoms with Crippen LogP contribution in [0.1, 0.15) is 112 Å². The van der Waals surface area contributed by atoms with Gasteiger partial charge in [-0.2, -0.15) is 0 Å². The summed E-state index contributed by atoms with van der Waals surface area (Å²) in [4.78, 5) is 110. The average molecular weight is 1400 g/mol. The van der Waals surface area contributed by atoms with Crippen molar-refractivity contribution >= 4 is 92.4 Å². The first-order valence-corrected chi connectivity index (χ1v) is 35.3. The highest BCUT2D eigenvalue weighted by Crippen LogP contribution is 2.32. The molecule has 8 atom stereocenters. The van der Waals surface area contributed by atoms with Crippen molar-refractivity contribution in [2.45, 2.75) is 169 Å². The standard InChI is InChI=1S/C24H33N5O4S.C23H30N4O3S2.C23H25N3O4S/c1-14-20(34-13-27-14)16-7-5-15(6-8-16)11-26-22(32)18-9-17(30)12-29(18)23(33)21(24(2,3)4)28-19(31)10-25;1-13(2)20(26-15(4)28)23(31)27-11-18(29)9-19(27)22(30)24-10-16-5-7-17(8-6-16)21-14(3)25-12-32-21;1-14-9-19(30-25-14)11-22(29)26-12-18(27)10-20(26)21(28)8-5-16-3-6-17(7-4-16)23-15(2)24-13-31-23/h5-8,13,17-18,21,30H,9-12,25H2,1-4H3,(H,26,32)(H,28,31);5-8,12-13,18-20,29H,9-11H2,1-4H3,(H,24,30)(H,26,28);3-4,6-7,9,13,18,20,27H,5,8,10-12H2,1-2H3/t17-,18+,21-;18-,19+,20+;18-,20+/m111/s1. The molecule has 7 aromatic rings. The summed E-state index contributed by atoms with van der Waals surface area (Å²) in [5, 5.41) is 45.7. The number of nitrogens with zero attached hydrogens (tertiary/aromatic N) is 7. The number of nitrogens with one attached hydrogen (secondary N) is 4. The zero-order valence-corrected chi connectivity index (χ0v) is 59.6. The van der Waals surface area contributed by atoms with Crippen LogP contribution in [0.2, 0.25) is 0 Å². The van der Waals surface area contributed by atoms with Crippen molar-refractivity contribution in [1.29, 1.82) is 0 Å². The minimum atomic E-state index is -0.869. The molecule has 0 bridgehead atoms. The summed E-state index contributed by atoms with van der Waals surface area (Å²) in [5.41, 5.74) is 20.2. The monoisotopic (exact) mass is 1400 g/mol. The van der Waals surface area contributed by atoms with Gasteiger partial charge in [0, 0.05) is 71.4 Å². The van der Waals surface area contributed by atoms with E-state index in [1.165, 1.54) is 16.7 Å². The zero-order valence-electron chi connectivity index (χ0n) is 56.4. The van der Waals surface area contributed by atoms with Gasteiger partial charge in [0.25, 0.3) is 0 Å². The van der Waals surface area contributed by atoms with Gasteiger partial charge in [-0.25, -0.2) is 15.0 Å². The van der Waals surface area contributed by atoms with Crippen LogP contribution in [0.15, 0.2) is 99.9 Å². The van der Waals surface area contributed by atoms with Gasteiger partial charge >= 0.3 is 0 Å². The first-order chi connectivity index (χ1) is 46.1. The van der Waals surface area contributed by atoms with E-state index in [1.54, 1.807) is 51.9 Å². The van der Waals surface area contributed by atoms with Crippen molar-refractivity contribution < 1.29 is 53.4 Å². The molecule has 3 aliphatic rings. The molecular formula is C70H88N12O11S4. The van der Waals surface area contributed by atoms with Crippen molar-refractivity contribution in [1.82, 2.24) is 56.1 Å². The fourth-order valence-corrected chi connectivity index (χ4v) is 14.8. The molecule has 3 saturated heterocycles. The molecular weight excluding hydrogens is 1310 g/mol. The molecule has 0 unspecified atom stereocenters. The van der Waals surface area contributed by atoms with Crippen LogP contribution in [0.25, 0.3) is 31.3 Å². The maximum atomic E-state index is 13.3. The number of thiazole rings is 3. The molecule has 9 N–H and O–H groups in total. The molecule has 23 nitrogen and oxygen atoms in total. The van der Waals surface area contributed by atoms with E-state index in [2.05, 4.69) is 53.5 Å². The van der Waals surface area contributed by atoms with Crippen LogP contribution in [-0.2, 0) is 59.5 Å². The maximum absolute atomic E-state index is 13.3. The van der Waals surface area contributed by atoms with E-state index in [-0.39, 0.29) is 86.8 Å². The van der Waals surface area contributed by atoms with Crippen LogP contribution < -0.4 is 27.0 Å². The number of benzene rings is 3. The molecule has 97 heavy (non-hydrogen) atoms. The number of aliphatic hydroxyl groups is 3. The Balaban J connectivity index is 0.000000186. The molecule has 3 aliphatic heterocycles. The Morgan fingerprint density at radius 3 is 1.47 bits per heavy atom. The highest BCUT2D eigenvalue weighted by atomic mass is 32.1. The van der Waals surface area contributed by atoms with E-state index >= 15 is 0 Å². The number of carbonyl (C=O) groups excluding carboxylic acids is 7. The van der Waals surface area contributed by atoms with Gasteiger partial charge in [0.15, 0.2) is 5.78 Å². The summed E-state index contributed by atoms with van der Waals surface area (Å²) in [5.74, 6) is -1.29. The lowest BCUT2D eigenvalue weighted by atomic mass is 9.85. The van der Waals surface area contributed by atoms with Gasteiger partial charge in [-0.1, -0.05) is 125 Å². The Hall–Kier alpha value is -8.02. The lowest BCUT2D eigenvalue weighted by Crippen LogP contribution is -2.58. The van der Waals surface area contributed by atoms with Crippen LogP contribution in [0, 0.1) is 39.0 Å². The number of thiocarbonyl (C=S) groups is 1. The van der Waals surface area contributed by atoms with Gasteiger partial charge < -0.3 is 61.5 Å². The third-order valence-corrected chi connectivity index (χ3v) is 20.5. The van der Waals surface area contributed by atoms with Gasteiger partial charge in [-0.15, -0.1) is 34.0 Å². The molecule has 0 saturated carbocycles. The fraction of sp³-hybridized carbons (Fsp3) is 0.457. The first-order valence-electron chi connectivity index (χ1n) is 32.3. The predicted octanol–water partition coefficient (Wildman–Crippen LogP) is 6.97. The Labute approximate surface area is 583 Å². The summed E-state index contributed by atoms with van der Waals surface area (Å²) in [6, 6.07) is 22.6. The minimum absolute atomic E-state index is 0.0268. The highest BCUT2D eigenvalue weighted by Gasteiger charge is 2.45. The Kier molecular flexibility index (Phi) is 26.2. The summed E-state index contributed by atoms with van der Waals surface area (Å²) >= 11 is 10.4. The lowest BCUT2D eigenvalue weighted by Gasteiger charge is -2.35. The quantitative estimate of drug-likeness (QED) is 0.0337. The van der Waals surface area contributed by atoms with Crippen molar-refractivity contribution in [2.24, 2.45) is 17.1 Å². The number of hydrogen-bond donors (Lipinski definition) is 8. The van der Waals surface area contributed by atoms with Crippen LogP contribution in [-0.4, -0.2) is 171 Å². The van der Waals surface area contributed by atoms with Crippen molar-refractivity contribution in [3.05, 3.63) is 141 Å². The van der Waals surface area contributed by atoms with Gasteiger partial charge in [0.1, 0.15) is 28.9 Å². The number of rotatable bonds is 21. The number of carbonyl (C=O) groups is 7. The smallest absolute Gasteiger partial charge is 0.246 e. The summed E-state index contributed by atoms with van der Waals surface area (Å²) in [7, 11) is 0. The zero-order chi connectivity index (χ0) is 70.4. The second-order valence-corrected chi connectivity index (χ2v) is 29.1. The van der Waals surface area contributed by atoms with Gasteiger partial charge in [0.2, 0.25) is 35.4 Å². The topological polar surface area (TPSA) is 329 Å². The first kappa shape index (κ1) is 74.8. The Morgan fingerprint density at radius 1 is 0.639 bits per heavy atom. The number of amides is 6. The normalized spacial score (nSPS) is 18.9. The van der Waals surface area contributed by atoms with Crippen LogP contribution in [0.5, 0.6) is 0 Å². The minimum Gasteiger partial charge on any atom is -0.391 e. The van der Waals surface area contributed by atoms with E-state index in [9.17, 15) is 48.9 Å². The Bertz CT molecular complexity index is 3860. The van der Waals surface area contributed by atoms with E-state index in [1.807, 2.05) is 133 Å². The molecule has 7 heterocycles. The lowest BCUT2D eigenvalue weighted by molar-refractivity contribution is -0.143. The number of aromatic nitrogens is 4.